The molecule has 1 aliphatic carbocycles. The van der Waals surface area contributed by atoms with Gasteiger partial charge in [0.25, 0.3) is 0 Å². The molecule has 5 nitrogen and oxygen atoms in total. The molecule has 1 heterocycles. The maximum absolute atomic E-state index is 12.5. The number of carbonyl (C=O) groups excluding carboxylic acids is 1. The van der Waals surface area contributed by atoms with Crippen molar-refractivity contribution in [3.63, 3.8) is 0 Å². The Morgan fingerprint density at radius 3 is 2.78 bits per heavy atom. The van der Waals surface area contributed by atoms with E-state index in [2.05, 4.69) is 21.7 Å². The zero-order valence-corrected chi connectivity index (χ0v) is 19.0. The predicted molar refractivity (Wildman–Crippen MR) is 122 cm³/mol. The molecule has 0 spiro atoms. The van der Waals surface area contributed by atoms with E-state index in [9.17, 15) is 4.79 Å². The Hall–Kier alpha value is -1.02. The third-order valence-corrected chi connectivity index (χ3v) is 5.60. The summed E-state index contributed by atoms with van der Waals surface area (Å²) in [5.41, 5.74) is 1.20. The van der Waals surface area contributed by atoms with Crippen LogP contribution < -0.4 is 10.6 Å². The fourth-order valence-electron chi connectivity index (χ4n) is 3.91. The van der Waals surface area contributed by atoms with Gasteiger partial charge in [-0.25, -0.2) is 0 Å². The van der Waals surface area contributed by atoms with E-state index in [-0.39, 0.29) is 35.9 Å². The van der Waals surface area contributed by atoms with Gasteiger partial charge in [-0.15, -0.1) is 24.0 Å². The Morgan fingerprint density at radius 1 is 1.30 bits per heavy atom. The van der Waals surface area contributed by atoms with E-state index in [0.29, 0.717) is 5.91 Å². The van der Waals surface area contributed by atoms with Crippen LogP contribution in [0.15, 0.2) is 29.3 Å². The minimum absolute atomic E-state index is 0. The second-order valence-electron chi connectivity index (χ2n) is 7.27. The topological polar surface area (TPSA) is 56.7 Å². The van der Waals surface area contributed by atoms with Gasteiger partial charge >= 0.3 is 0 Å². The van der Waals surface area contributed by atoms with Crippen LogP contribution in [0.3, 0.4) is 0 Å². The highest BCUT2D eigenvalue weighted by molar-refractivity contribution is 14.0. The molecule has 1 saturated carbocycles. The van der Waals surface area contributed by atoms with Crippen molar-refractivity contribution in [2.45, 2.75) is 44.6 Å². The molecule has 2 fully saturated rings. The van der Waals surface area contributed by atoms with Gasteiger partial charge in [0, 0.05) is 43.7 Å². The third-order valence-electron chi connectivity index (χ3n) is 5.36. The number of rotatable bonds is 5. The van der Waals surface area contributed by atoms with Crippen molar-refractivity contribution in [2.75, 3.05) is 26.7 Å². The van der Waals surface area contributed by atoms with Gasteiger partial charge in [-0.2, -0.15) is 0 Å². The first kappa shape index (κ1) is 22.3. The van der Waals surface area contributed by atoms with Crippen molar-refractivity contribution in [2.24, 2.45) is 10.9 Å². The van der Waals surface area contributed by atoms with Gasteiger partial charge in [-0.3, -0.25) is 9.79 Å². The number of amides is 1. The highest BCUT2D eigenvalue weighted by Gasteiger charge is 2.32. The molecule has 1 saturated heterocycles. The van der Waals surface area contributed by atoms with Gasteiger partial charge in [-0.05, 0) is 43.4 Å². The van der Waals surface area contributed by atoms with Crippen LogP contribution in [0.1, 0.15) is 37.7 Å². The number of hydrogen-bond donors (Lipinski definition) is 2. The molecule has 0 radical (unpaired) electrons. The minimum Gasteiger partial charge on any atom is -0.356 e. The smallest absolute Gasteiger partial charge is 0.225 e. The van der Waals surface area contributed by atoms with Crippen LogP contribution in [0.4, 0.5) is 0 Å². The summed E-state index contributed by atoms with van der Waals surface area (Å²) in [5, 5.41) is 7.58. The van der Waals surface area contributed by atoms with Gasteiger partial charge < -0.3 is 15.5 Å². The van der Waals surface area contributed by atoms with Crippen molar-refractivity contribution in [1.82, 2.24) is 15.5 Å². The maximum Gasteiger partial charge on any atom is 0.225 e. The minimum atomic E-state index is 0. The van der Waals surface area contributed by atoms with Crippen molar-refractivity contribution in [3.8, 4) is 0 Å². The molecule has 1 unspecified atom stereocenters. The molecule has 150 valence electrons. The number of carbonyl (C=O) groups is 1. The molecule has 1 aromatic carbocycles. The van der Waals surface area contributed by atoms with E-state index in [0.717, 1.165) is 56.3 Å². The second kappa shape index (κ2) is 11.1. The standard InChI is InChI=1S/C20H29ClN4O.HI/c1-22-20(23-11-9-15-5-4-8-17(21)13-15)24-18-10-12-25(14-18)19(26)16-6-2-3-7-16;/h4-5,8,13,16,18H,2-3,6-7,9-12,14H2,1H3,(H2,22,23,24);1H. The molecule has 2 N–H and O–H groups in total. The van der Waals surface area contributed by atoms with Gasteiger partial charge in [0.2, 0.25) is 5.91 Å². The number of aliphatic imine (C=N–C) groups is 1. The Morgan fingerprint density at radius 2 is 2.07 bits per heavy atom. The second-order valence-corrected chi connectivity index (χ2v) is 7.71. The first-order valence-electron chi connectivity index (χ1n) is 9.66. The monoisotopic (exact) mass is 504 g/mol. The average molecular weight is 505 g/mol. The molecule has 1 aromatic rings. The molecule has 1 amide bonds. The molecule has 1 atom stereocenters. The molecule has 27 heavy (non-hydrogen) atoms. The lowest BCUT2D eigenvalue weighted by Crippen LogP contribution is -2.45. The Labute approximate surface area is 184 Å². The average Bonchev–Trinajstić information content (AvgIpc) is 3.32. The van der Waals surface area contributed by atoms with E-state index in [1.54, 1.807) is 7.05 Å². The van der Waals surface area contributed by atoms with E-state index in [4.69, 9.17) is 11.6 Å². The van der Waals surface area contributed by atoms with E-state index < -0.39 is 0 Å². The summed E-state index contributed by atoms with van der Waals surface area (Å²) < 4.78 is 0. The Bertz CT molecular complexity index is 649. The highest BCUT2D eigenvalue weighted by atomic mass is 127. The predicted octanol–water partition coefficient (Wildman–Crippen LogP) is 3.46. The van der Waals surface area contributed by atoms with Crippen LogP contribution in [0.2, 0.25) is 5.02 Å². The fraction of sp³-hybridized carbons (Fsp3) is 0.600. The summed E-state index contributed by atoms with van der Waals surface area (Å²) >= 11 is 6.02. The summed E-state index contributed by atoms with van der Waals surface area (Å²) in [6.07, 6.45) is 6.41. The van der Waals surface area contributed by atoms with Gasteiger partial charge in [-0.1, -0.05) is 36.6 Å². The van der Waals surface area contributed by atoms with Crippen LogP contribution in [-0.4, -0.2) is 49.5 Å². The molecule has 0 bridgehead atoms. The number of nitrogens with one attached hydrogen (secondary N) is 2. The molecule has 0 aromatic heterocycles. The zero-order valence-electron chi connectivity index (χ0n) is 15.9. The summed E-state index contributed by atoms with van der Waals surface area (Å²) in [6.45, 7) is 2.42. The van der Waals surface area contributed by atoms with E-state index in [1.807, 2.05) is 23.1 Å². The third kappa shape index (κ3) is 6.52. The lowest BCUT2D eigenvalue weighted by Gasteiger charge is -2.21. The lowest BCUT2D eigenvalue weighted by atomic mass is 10.1. The van der Waals surface area contributed by atoms with Gasteiger partial charge in [0.05, 0.1) is 0 Å². The van der Waals surface area contributed by atoms with E-state index >= 15 is 0 Å². The summed E-state index contributed by atoms with van der Waals surface area (Å²) in [6, 6.07) is 8.20. The highest BCUT2D eigenvalue weighted by Crippen LogP contribution is 2.27. The van der Waals surface area contributed by atoms with Crippen LogP contribution in [0, 0.1) is 5.92 Å². The molecule has 2 aliphatic rings. The van der Waals surface area contributed by atoms with Crippen LogP contribution >= 0.6 is 35.6 Å². The first-order valence-corrected chi connectivity index (χ1v) is 10.0. The maximum atomic E-state index is 12.5. The van der Waals surface area contributed by atoms with E-state index in [1.165, 1.54) is 18.4 Å². The Kier molecular flexibility index (Phi) is 9.15. The van der Waals surface area contributed by atoms with Gasteiger partial charge in [0.15, 0.2) is 5.96 Å². The molecule has 7 heteroatoms. The first-order chi connectivity index (χ1) is 12.7. The lowest BCUT2D eigenvalue weighted by molar-refractivity contribution is -0.134. The van der Waals surface area contributed by atoms with Crippen molar-refractivity contribution < 1.29 is 4.79 Å². The number of likely N-dealkylation sites (tertiary alicyclic amines) is 1. The molecule has 1 aliphatic heterocycles. The van der Waals surface area contributed by atoms with Crippen LogP contribution in [0.25, 0.3) is 0 Å². The Balaban J connectivity index is 0.00000261. The molecular weight excluding hydrogens is 475 g/mol. The SMILES string of the molecule is CN=C(NCCc1cccc(Cl)c1)NC1CCN(C(=O)C2CCCC2)C1.I. The normalized spacial score (nSPS) is 20.4. The number of hydrogen-bond acceptors (Lipinski definition) is 2. The number of halogens is 2. The largest absolute Gasteiger partial charge is 0.356 e. The zero-order chi connectivity index (χ0) is 18.4. The van der Waals surface area contributed by atoms with Crippen LogP contribution in [0.5, 0.6) is 0 Å². The van der Waals surface area contributed by atoms with Crippen molar-refractivity contribution in [1.29, 1.82) is 0 Å². The fourth-order valence-corrected chi connectivity index (χ4v) is 4.13. The molecular formula is C20H30ClIN4O. The number of benzene rings is 1. The quantitative estimate of drug-likeness (QED) is 0.367. The van der Waals surface area contributed by atoms with Gasteiger partial charge in [0.1, 0.15) is 0 Å². The number of nitrogens with zero attached hydrogens (tertiary/aromatic N) is 2. The summed E-state index contributed by atoms with van der Waals surface area (Å²) in [4.78, 5) is 18.9. The summed E-state index contributed by atoms with van der Waals surface area (Å²) in [5.74, 6) is 1.42. The summed E-state index contributed by atoms with van der Waals surface area (Å²) in [7, 11) is 1.78. The van der Waals surface area contributed by atoms with Crippen molar-refractivity contribution >= 4 is 47.4 Å². The molecule has 3 rings (SSSR count). The van der Waals surface area contributed by atoms with Crippen LogP contribution in [-0.2, 0) is 11.2 Å². The number of guanidine groups is 1. The van der Waals surface area contributed by atoms with Crippen molar-refractivity contribution in [3.05, 3.63) is 34.9 Å².